The van der Waals surface area contributed by atoms with Crippen molar-refractivity contribution in [2.24, 2.45) is 17.6 Å². The van der Waals surface area contributed by atoms with Crippen LogP contribution in [-0.2, 0) is 27.5 Å². The Morgan fingerprint density at radius 3 is 2.03 bits per heavy atom. The third-order valence-electron chi connectivity index (χ3n) is 6.49. The molecule has 2 aliphatic carbocycles. The molecule has 2 saturated carbocycles. The second-order valence-corrected chi connectivity index (χ2v) is 9.07. The van der Waals surface area contributed by atoms with E-state index in [4.69, 9.17) is 15.6 Å². The Labute approximate surface area is 196 Å². The Kier molecular flexibility index (Phi) is 8.35. The van der Waals surface area contributed by atoms with Crippen LogP contribution >= 0.6 is 0 Å². The molecule has 0 spiro atoms. The van der Waals surface area contributed by atoms with E-state index in [1.54, 1.807) is 6.08 Å². The van der Waals surface area contributed by atoms with E-state index in [-0.39, 0.29) is 17.9 Å². The smallest absolute Gasteiger partial charge is 0.475 e. The third-order valence-corrected chi connectivity index (χ3v) is 6.49. The monoisotopic (exact) mass is 481 g/mol. The minimum absolute atomic E-state index is 0.00573. The zero-order chi connectivity index (χ0) is 24.9. The van der Waals surface area contributed by atoms with E-state index in [0.717, 1.165) is 25.7 Å². The van der Waals surface area contributed by atoms with Gasteiger partial charge in [0.1, 0.15) is 0 Å². The van der Waals surface area contributed by atoms with Crippen LogP contribution in [0.25, 0.3) is 0 Å². The van der Waals surface area contributed by atoms with Gasteiger partial charge in [0, 0.05) is 19.2 Å². The van der Waals surface area contributed by atoms with Crippen LogP contribution in [0.2, 0.25) is 0 Å². The first-order valence-electron chi connectivity index (χ1n) is 11.5. The van der Waals surface area contributed by atoms with Crippen molar-refractivity contribution in [3.05, 3.63) is 47.5 Å². The number of nitrogens with zero attached hydrogens (tertiary/aromatic N) is 1. The summed E-state index contributed by atoms with van der Waals surface area (Å²) >= 11 is 0. The van der Waals surface area contributed by atoms with Gasteiger partial charge < -0.3 is 21.1 Å². The standard InChI is InChI=1S/C22H29N3O2.C2HF3O2/c23-21(16-5-1-2-6-16)22(27)24-19(15-9-10-15)11-12-20(26)25-13-17-7-3-4-8-18(17)14-25;3-2(4,5)1(6)7/h3-4,7-8,11-12,15-16,19,21H,1-2,5-6,9-10,13-14,23H2,(H,24,27);(H,6,7)/t19-,21+;/m1./s1. The normalized spacial score (nSPS) is 19.8. The minimum Gasteiger partial charge on any atom is -0.475 e. The maximum absolute atomic E-state index is 12.6. The maximum atomic E-state index is 12.6. The average molecular weight is 482 g/mol. The summed E-state index contributed by atoms with van der Waals surface area (Å²) in [5.41, 5.74) is 8.62. The van der Waals surface area contributed by atoms with Crippen LogP contribution in [0.4, 0.5) is 13.2 Å². The van der Waals surface area contributed by atoms with Crippen molar-refractivity contribution >= 4 is 17.8 Å². The van der Waals surface area contributed by atoms with Gasteiger partial charge in [-0.3, -0.25) is 9.59 Å². The highest BCUT2D eigenvalue weighted by atomic mass is 19.4. The molecule has 3 aliphatic rings. The molecular weight excluding hydrogens is 451 g/mol. The lowest BCUT2D eigenvalue weighted by Gasteiger charge is -2.22. The molecule has 2 fully saturated rings. The molecule has 1 aromatic carbocycles. The molecule has 1 aromatic rings. The van der Waals surface area contributed by atoms with Gasteiger partial charge in [0.2, 0.25) is 11.8 Å². The largest absolute Gasteiger partial charge is 0.490 e. The topological polar surface area (TPSA) is 113 Å². The lowest BCUT2D eigenvalue weighted by atomic mass is 9.97. The van der Waals surface area contributed by atoms with Crippen LogP contribution in [0.5, 0.6) is 0 Å². The SMILES string of the molecule is N[C@H](C(=O)N[C@H](C=CC(=O)N1Cc2ccccc2C1)C1CC1)C1CCCC1.O=C(O)C(F)(F)F. The molecule has 4 rings (SSSR count). The van der Waals surface area contributed by atoms with Gasteiger partial charge in [-0.25, -0.2) is 4.79 Å². The number of rotatable bonds is 6. The van der Waals surface area contributed by atoms with Crippen molar-refractivity contribution in [3.63, 3.8) is 0 Å². The minimum atomic E-state index is -5.08. The summed E-state index contributed by atoms with van der Waals surface area (Å²) in [6, 6.07) is 7.65. The van der Waals surface area contributed by atoms with Gasteiger partial charge in [0.15, 0.2) is 0 Å². The van der Waals surface area contributed by atoms with Crippen LogP contribution in [0, 0.1) is 11.8 Å². The number of benzene rings is 1. The number of halogens is 3. The molecule has 34 heavy (non-hydrogen) atoms. The fraction of sp³-hybridized carbons (Fsp3) is 0.542. The van der Waals surface area contributed by atoms with Crippen molar-refractivity contribution in [1.82, 2.24) is 10.2 Å². The molecule has 7 nitrogen and oxygen atoms in total. The lowest BCUT2D eigenvalue weighted by Crippen LogP contribution is -2.48. The van der Waals surface area contributed by atoms with Crippen molar-refractivity contribution in [2.45, 2.75) is 69.9 Å². The summed E-state index contributed by atoms with van der Waals surface area (Å²) in [7, 11) is 0. The number of hydrogen-bond acceptors (Lipinski definition) is 4. The molecule has 10 heteroatoms. The summed E-state index contributed by atoms with van der Waals surface area (Å²) < 4.78 is 31.7. The number of amides is 2. The number of carbonyl (C=O) groups excluding carboxylic acids is 2. The first-order chi connectivity index (χ1) is 16.1. The molecule has 1 heterocycles. The summed E-state index contributed by atoms with van der Waals surface area (Å²) in [6.07, 6.45) is 5.06. The third kappa shape index (κ3) is 7.06. The lowest BCUT2D eigenvalue weighted by molar-refractivity contribution is -0.192. The van der Waals surface area contributed by atoms with Gasteiger partial charge in [-0.15, -0.1) is 0 Å². The zero-order valence-corrected chi connectivity index (χ0v) is 18.8. The summed E-state index contributed by atoms with van der Waals surface area (Å²) in [5.74, 6) is -2.08. The molecule has 186 valence electrons. The molecule has 2 amide bonds. The van der Waals surface area contributed by atoms with Gasteiger partial charge >= 0.3 is 12.1 Å². The van der Waals surface area contributed by atoms with Gasteiger partial charge in [-0.1, -0.05) is 43.2 Å². The molecule has 0 aromatic heterocycles. The number of nitrogens with one attached hydrogen (secondary N) is 1. The zero-order valence-electron chi connectivity index (χ0n) is 18.8. The highest BCUT2D eigenvalue weighted by Gasteiger charge is 2.38. The number of carbonyl (C=O) groups is 3. The van der Waals surface area contributed by atoms with E-state index in [1.807, 2.05) is 23.1 Å². The van der Waals surface area contributed by atoms with E-state index in [1.165, 1.54) is 24.0 Å². The van der Waals surface area contributed by atoms with Crippen LogP contribution in [-0.4, -0.2) is 46.1 Å². The van der Waals surface area contributed by atoms with E-state index in [2.05, 4.69) is 17.4 Å². The number of fused-ring (bicyclic) bond motifs is 1. The summed E-state index contributed by atoms with van der Waals surface area (Å²) in [4.78, 5) is 35.9. The molecular formula is C24H30F3N3O4. The van der Waals surface area contributed by atoms with Gasteiger partial charge in [-0.2, -0.15) is 13.2 Å². The Morgan fingerprint density at radius 2 is 1.56 bits per heavy atom. The van der Waals surface area contributed by atoms with Crippen molar-refractivity contribution in [1.29, 1.82) is 0 Å². The number of carboxylic acids is 1. The van der Waals surface area contributed by atoms with Crippen LogP contribution in [0.1, 0.15) is 49.7 Å². The first-order valence-corrected chi connectivity index (χ1v) is 11.5. The first kappa shape index (κ1) is 25.7. The second kappa shape index (κ2) is 11.0. The fourth-order valence-corrected chi connectivity index (χ4v) is 4.35. The quantitative estimate of drug-likeness (QED) is 0.541. The number of hydrogen-bond donors (Lipinski definition) is 3. The number of nitrogens with two attached hydrogens (primary N) is 1. The number of alkyl halides is 3. The van der Waals surface area contributed by atoms with Crippen LogP contribution in [0.15, 0.2) is 36.4 Å². The fourth-order valence-electron chi connectivity index (χ4n) is 4.35. The summed E-state index contributed by atoms with van der Waals surface area (Å²) in [5, 5.41) is 10.2. The molecule has 2 atom stereocenters. The Bertz CT molecular complexity index is 899. The summed E-state index contributed by atoms with van der Waals surface area (Å²) in [6.45, 7) is 1.32. The van der Waals surface area contributed by atoms with Crippen LogP contribution in [0.3, 0.4) is 0 Å². The van der Waals surface area contributed by atoms with Crippen molar-refractivity contribution in [2.75, 3.05) is 0 Å². The highest BCUT2D eigenvalue weighted by Crippen LogP contribution is 2.34. The van der Waals surface area contributed by atoms with E-state index >= 15 is 0 Å². The molecule has 0 bridgehead atoms. The predicted octanol–water partition coefficient (Wildman–Crippen LogP) is 3.13. The Morgan fingerprint density at radius 1 is 1.03 bits per heavy atom. The number of aliphatic carboxylic acids is 1. The Balaban J connectivity index is 0.000000406. The average Bonchev–Trinajstić information content (AvgIpc) is 3.31. The molecule has 0 saturated heterocycles. The van der Waals surface area contributed by atoms with E-state index in [0.29, 0.717) is 24.9 Å². The van der Waals surface area contributed by atoms with Crippen molar-refractivity contribution < 1.29 is 32.7 Å². The predicted molar refractivity (Wildman–Crippen MR) is 118 cm³/mol. The molecule has 0 radical (unpaired) electrons. The molecule has 4 N–H and O–H groups in total. The maximum Gasteiger partial charge on any atom is 0.490 e. The Hall–Kier alpha value is -2.88. The van der Waals surface area contributed by atoms with Crippen molar-refractivity contribution in [3.8, 4) is 0 Å². The van der Waals surface area contributed by atoms with Gasteiger partial charge in [0.05, 0.1) is 12.1 Å². The molecule has 0 unspecified atom stereocenters. The van der Waals surface area contributed by atoms with Gasteiger partial charge in [-0.05, 0) is 48.6 Å². The van der Waals surface area contributed by atoms with E-state index < -0.39 is 18.2 Å². The highest BCUT2D eigenvalue weighted by molar-refractivity contribution is 5.88. The molecule has 1 aliphatic heterocycles. The number of carboxylic acid groups (broad SMARTS) is 1. The second-order valence-electron chi connectivity index (χ2n) is 9.07. The van der Waals surface area contributed by atoms with E-state index in [9.17, 15) is 22.8 Å². The van der Waals surface area contributed by atoms with Crippen LogP contribution < -0.4 is 11.1 Å². The van der Waals surface area contributed by atoms with Gasteiger partial charge in [0.25, 0.3) is 0 Å².